The van der Waals surface area contributed by atoms with Crippen LogP contribution in [0.4, 0.5) is 5.69 Å². The van der Waals surface area contributed by atoms with Crippen molar-refractivity contribution in [3.05, 3.63) is 30.3 Å². The van der Waals surface area contributed by atoms with Crippen LogP contribution >= 0.6 is 0 Å². The zero-order valence-corrected chi connectivity index (χ0v) is 10.0. The molecule has 0 saturated carbocycles. The van der Waals surface area contributed by atoms with Gasteiger partial charge in [-0.05, 0) is 25.0 Å². The molecule has 17 heavy (non-hydrogen) atoms. The van der Waals surface area contributed by atoms with Crippen LogP contribution in [0, 0.1) is 5.92 Å². The Morgan fingerprint density at radius 2 is 1.88 bits per heavy atom. The molecule has 0 spiro atoms. The van der Waals surface area contributed by atoms with Gasteiger partial charge in [-0.3, -0.25) is 0 Å². The Kier molecular flexibility index (Phi) is 3.29. The van der Waals surface area contributed by atoms with Crippen molar-refractivity contribution in [3.63, 3.8) is 0 Å². The lowest BCUT2D eigenvalue weighted by molar-refractivity contribution is -0.182. The third-order valence-corrected chi connectivity index (χ3v) is 3.61. The van der Waals surface area contributed by atoms with E-state index in [2.05, 4.69) is 35.2 Å². The van der Waals surface area contributed by atoms with Gasteiger partial charge in [-0.1, -0.05) is 18.2 Å². The van der Waals surface area contributed by atoms with Crippen molar-refractivity contribution in [2.24, 2.45) is 5.92 Å². The molecule has 0 bridgehead atoms. The second-order valence-electron chi connectivity index (χ2n) is 4.79. The quantitative estimate of drug-likeness (QED) is 0.742. The number of para-hydroxylation sites is 1. The van der Waals surface area contributed by atoms with Gasteiger partial charge in [-0.25, -0.2) is 0 Å². The fourth-order valence-electron chi connectivity index (χ4n) is 2.71. The maximum atomic E-state index is 5.79. The van der Waals surface area contributed by atoms with Crippen LogP contribution in [-0.2, 0) is 9.47 Å². The molecular weight excluding hydrogens is 214 g/mol. The summed E-state index contributed by atoms with van der Waals surface area (Å²) in [7, 11) is 0. The van der Waals surface area contributed by atoms with Gasteiger partial charge in [-0.15, -0.1) is 0 Å². The van der Waals surface area contributed by atoms with Crippen LogP contribution in [0.2, 0.25) is 0 Å². The summed E-state index contributed by atoms with van der Waals surface area (Å²) in [5, 5.41) is 0. The largest absolute Gasteiger partial charge is 0.369 e. The topological polar surface area (TPSA) is 21.7 Å². The number of fused-ring (bicyclic) bond motifs is 1. The number of nitrogens with zero attached hydrogens (tertiary/aromatic N) is 1. The van der Waals surface area contributed by atoms with Gasteiger partial charge < -0.3 is 14.4 Å². The minimum atomic E-state index is 0.0254. The van der Waals surface area contributed by atoms with E-state index >= 15 is 0 Å². The monoisotopic (exact) mass is 233 g/mol. The maximum absolute atomic E-state index is 5.79. The summed E-state index contributed by atoms with van der Waals surface area (Å²) in [6.07, 6.45) is 2.40. The summed E-state index contributed by atoms with van der Waals surface area (Å²) in [4.78, 5) is 2.42. The van der Waals surface area contributed by atoms with Gasteiger partial charge in [0, 0.05) is 31.3 Å². The van der Waals surface area contributed by atoms with Crippen molar-refractivity contribution in [3.8, 4) is 0 Å². The molecule has 0 aliphatic carbocycles. The lowest BCUT2D eigenvalue weighted by Gasteiger charge is -2.31. The number of rotatable bonds is 1. The van der Waals surface area contributed by atoms with Crippen molar-refractivity contribution >= 4 is 5.69 Å². The van der Waals surface area contributed by atoms with Crippen molar-refractivity contribution in [2.75, 3.05) is 31.2 Å². The van der Waals surface area contributed by atoms with Crippen LogP contribution in [-0.4, -0.2) is 32.6 Å². The molecule has 2 heterocycles. The standard InChI is InChI=1S/C14H19NO2/c1-2-6-13(7-3-1)15-8-10-17-14-12(11-15)5-4-9-16-14/h1-3,6-7,12,14H,4-5,8-11H2/t12-,14+/m0/s1. The van der Waals surface area contributed by atoms with Gasteiger partial charge in [0.25, 0.3) is 0 Å². The summed E-state index contributed by atoms with van der Waals surface area (Å²) >= 11 is 0. The fourth-order valence-corrected chi connectivity index (χ4v) is 2.71. The van der Waals surface area contributed by atoms with E-state index in [1.54, 1.807) is 0 Å². The summed E-state index contributed by atoms with van der Waals surface area (Å²) in [6, 6.07) is 10.6. The highest BCUT2D eigenvalue weighted by molar-refractivity contribution is 5.46. The van der Waals surface area contributed by atoms with Gasteiger partial charge in [-0.2, -0.15) is 0 Å². The second kappa shape index (κ2) is 5.07. The molecule has 0 radical (unpaired) electrons. The Hall–Kier alpha value is -1.06. The molecule has 3 heteroatoms. The van der Waals surface area contributed by atoms with Crippen LogP contribution in [0.3, 0.4) is 0 Å². The summed E-state index contributed by atoms with van der Waals surface area (Å²) in [5.74, 6) is 0.520. The van der Waals surface area contributed by atoms with E-state index in [0.29, 0.717) is 5.92 Å². The first kappa shape index (κ1) is 11.1. The first-order chi connectivity index (χ1) is 8.43. The average Bonchev–Trinajstić information content (AvgIpc) is 2.62. The predicted octanol–water partition coefficient (Wildman–Crippen LogP) is 2.28. The van der Waals surface area contributed by atoms with E-state index in [0.717, 1.165) is 32.7 Å². The molecule has 0 N–H and O–H groups in total. The number of anilines is 1. The molecule has 1 aromatic rings. The van der Waals surface area contributed by atoms with Gasteiger partial charge in [0.2, 0.25) is 0 Å². The highest BCUT2D eigenvalue weighted by Gasteiger charge is 2.31. The zero-order chi connectivity index (χ0) is 11.5. The molecule has 2 atom stereocenters. The Morgan fingerprint density at radius 1 is 1.06 bits per heavy atom. The van der Waals surface area contributed by atoms with E-state index in [-0.39, 0.29) is 6.29 Å². The number of hydrogen-bond donors (Lipinski definition) is 0. The minimum absolute atomic E-state index is 0.0254. The Bertz CT molecular complexity index is 354. The van der Waals surface area contributed by atoms with Crippen molar-refractivity contribution in [1.29, 1.82) is 0 Å². The van der Waals surface area contributed by atoms with Gasteiger partial charge >= 0.3 is 0 Å². The molecule has 2 aliphatic rings. The average molecular weight is 233 g/mol. The minimum Gasteiger partial charge on any atom is -0.369 e. The molecule has 0 amide bonds. The molecule has 2 saturated heterocycles. The van der Waals surface area contributed by atoms with Crippen LogP contribution in [0.25, 0.3) is 0 Å². The number of hydrogen-bond acceptors (Lipinski definition) is 3. The zero-order valence-electron chi connectivity index (χ0n) is 10.0. The first-order valence-corrected chi connectivity index (χ1v) is 6.47. The normalized spacial score (nSPS) is 29.5. The van der Waals surface area contributed by atoms with Crippen molar-refractivity contribution in [2.45, 2.75) is 19.1 Å². The van der Waals surface area contributed by atoms with Gasteiger partial charge in [0.15, 0.2) is 6.29 Å². The van der Waals surface area contributed by atoms with E-state index < -0.39 is 0 Å². The SMILES string of the molecule is c1ccc(N2CCO[C@H]3OCCC[C@H]3C2)cc1. The summed E-state index contributed by atoms with van der Waals surface area (Å²) < 4.78 is 11.5. The Balaban J connectivity index is 1.74. The molecule has 0 unspecified atom stereocenters. The lowest BCUT2D eigenvalue weighted by atomic mass is 10.00. The summed E-state index contributed by atoms with van der Waals surface area (Å²) in [6.45, 7) is 3.62. The number of ether oxygens (including phenoxy) is 2. The lowest BCUT2D eigenvalue weighted by Crippen LogP contribution is -2.36. The second-order valence-corrected chi connectivity index (χ2v) is 4.79. The maximum Gasteiger partial charge on any atom is 0.162 e. The van der Waals surface area contributed by atoms with Crippen LogP contribution < -0.4 is 4.90 Å². The van der Waals surface area contributed by atoms with Crippen LogP contribution in [0.5, 0.6) is 0 Å². The van der Waals surface area contributed by atoms with Crippen molar-refractivity contribution < 1.29 is 9.47 Å². The highest BCUT2D eigenvalue weighted by atomic mass is 16.7. The van der Waals surface area contributed by atoms with Crippen LogP contribution in [0.1, 0.15) is 12.8 Å². The van der Waals surface area contributed by atoms with Crippen molar-refractivity contribution in [1.82, 2.24) is 0 Å². The number of benzene rings is 1. The van der Waals surface area contributed by atoms with Crippen LogP contribution in [0.15, 0.2) is 30.3 Å². The third kappa shape index (κ3) is 2.45. The fraction of sp³-hybridized carbons (Fsp3) is 0.571. The highest BCUT2D eigenvalue weighted by Crippen LogP contribution is 2.27. The van der Waals surface area contributed by atoms with E-state index in [1.165, 1.54) is 12.1 Å². The Labute approximate surface area is 102 Å². The van der Waals surface area contributed by atoms with E-state index in [1.807, 2.05) is 0 Å². The summed E-state index contributed by atoms with van der Waals surface area (Å²) in [5.41, 5.74) is 1.29. The van der Waals surface area contributed by atoms with E-state index in [4.69, 9.17) is 9.47 Å². The molecule has 1 aromatic carbocycles. The molecule has 3 nitrogen and oxygen atoms in total. The molecule has 92 valence electrons. The first-order valence-electron chi connectivity index (χ1n) is 6.47. The third-order valence-electron chi connectivity index (χ3n) is 3.61. The Morgan fingerprint density at radius 3 is 2.76 bits per heavy atom. The molecule has 0 aromatic heterocycles. The van der Waals surface area contributed by atoms with Gasteiger partial charge in [0.05, 0.1) is 6.61 Å². The molecular formula is C14H19NO2. The van der Waals surface area contributed by atoms with E-state index in [9.17, 15) is 0 Å². The predicted molar refractivity (Wildman–Crippen MR) is 67.1 cm³/mol. The molecule has 2 aliphatic heterocycles. The van der Waals surface area contributed by atoms with Gasteiger partial charge in [0.1, 0.15) is 0 Å². The molecule has 2 fully saturated rings. The molecule has 3 rings (SSSR count). The smallest absolute Gasteiger partial charge is 0.162 e.